The van der Waals surface area contributed by atoms with Crippen molar-refractivity contribution in [2.24, 2.45) is 0 Å². The van der Waals surface area contributed by atoms with Crippen molar-refractivity contribution in [1.29, 1.82) is 0 Å². The average molecular weight is 214 g/mol. The zero-order valence-corrected chi connectivity index (χ0v) is 10.9. The van der Waals surface area contributed by atoms with E-state index in [0.29, 0.717) is 0 Å². The molecule has 0 amide bonds. The summed E-state index contributed by atoms with van der Waals surface area (Å²) in [6.07, 6.45) is 5.34. The van der Waals surface area contributed by atoms with Gasteiger partial charge >= 0.3 is 0 Å². The monoisotopic (exact) mass is 214 g/mol. The normalized spacial score (nSPS) is 22.1. The van der Waals surface area contributed by atoms with E-state index in [2.05, 4.69) is 13.0 Å². The van der Waals surface area contributed by atoms with E-state index in [1.54, 1.807) is 0 Å². The Morgan fingerprint density at radius 2 is 1.60 bits per heavy atom. The lowest BCUT2D eigenvalue weighted by atomic mass is 9.95. The molecule has 2 heteroatoms. The van der Waals surface area contributed by atoms with Crippen LogP contribution in [0.1, 0.15) is 53.9 Å². The highest BCUT2D eigenvalue weighted by Crippen LogP contribution is 2.34. The van der Waals surface area contributed by atoms with E-state index < -0.39 is 0 Å². The van der Waals surface area contributed by atoms with Crippen molar-refractivity contribution in [2.75, 3.05) is 13.2 Å². The second-order valence-electron chi connectivity index (χ2n) is 3.36. The first-order valence-electron chi connectivity index (χ1n) is 6.24. The van der Waals surface area contributed by atoms with E-state index in [-0.39, 0.29) is 5.79 Å². The molecule has 2 nitrogen and oxygen atoms in total. The predicted octanol–water partition coefficient (Wildman–Crippen LogP) is 3.91. The third-order valence-corrected chi connectivity index (χ3v) is 2.48. The lowest BCUT2D eigenvalue weighted by Crippen LogP contribution is -2.31. The van der Waals surface area contributed by atoms with Crippen LogP contribution in [0, 0.1) is 0 Å². The summed E-state index contributed by atoms with van der Waals surface area (Å²) in [7, 11) is 0. The van der Waals surface area contributed by atoms with Gasteiger partial charge < -0.3 is 9.47 Å². The fraction of sp³-hybridized carbons (Fsp3) is 0.846. The fourth-order valence-corrected chi connectivity index (χ4v) is 1.68. The molecule has 1 spiro atoms. The first kappa shape index (κ1) is 14.7. The molecule has 0 saturated carbocycles. The molecule has 90 valence electrons. The first-order valence-corrected chi connectivity index (χ1v) is 6.24. The second-order valence-corrected chi connectivity index (χ2v) is 3.36. The number of ether oxygens (including phenoxy) is 2. The SMILES string of the molecule is CC.CC.CC1=CCC2(CC1)OCCO2. The molecule has 0 atom stereocenters. The van der Waals surface area contributed by atoms with Gasteiger partial charge in [-0.3, -0.25) is 0 Å². The van der Waals surface area contributed by atoms with Crippen LogP contribution >= 0.6 is 0 Å². The van der Waals surface area contributed by atoms with Gasteiger partial charge in [-0.2, -0.15) is 0 Å². The molecule has 1 fully saturated rings. The van der Waals surface area contributed by atoms with E-state index in [0.717, 1.165) is 32.5 Å². The van der Waals surface area contributed by atoms with E-state index in [9.17, 15) is 0 Å². The largest absolute Gasteiger partial charge is 0.347 e. The van der Waals surface area contributed by atoms with Crippen molar-refractivity contribution >= 4 is 0 Å². The summed E-state index contributed by atoms with van der Waals surface area (Å²) in [6.45, 7) is 11.7. The standard InChI is InChI=1S/C9H14O2.2C2H6/c1-8-2-4-9(5-3-8)10-6-7-11-9;2*1-2/h2H,3-7H2,1H3;2*1-2H3. The van der Waals surface area contributed by atoms with Crippen LogP contribution in [0.4, 0.5) is 0 Å². The summed E-state index contributed by atoms with van der Waals surface area (Å²) >= 11 is 0. The maximum atomic E-state index is 5.56. The van der Waals surface area contributed by atoms with Gasteiger partial charge in [-0.05, 0) is 13.3 Å². The molecule has 0 aromatic rings. The topological polar surface area (TPSA) is 18.5 Å². The lowest BCUT2D eigenvalue weighted by molar-refractivity contribution is -0.161. The zero-order chi connectivity index (χ0) is 11.7. The Morgan fingerprint density at radius 3 is 2.00 bits per heavy atom. The van der Waals surface area contributed by atoms with Crippen LogP contribution in [0.3, 0.4) is 0 Å². The number of hydrogen-bond acceptors (Lipinski definition) is 2. The van der Waals surface area contributed by atoms with E-state index in [4.69, 9.17) is 9.47 Å². The molecule has 1 heterocycles. The molecule has 0 bridgehead atoms. The van der Waals surface area contributed by atoms with Crippen molar-refractivity contribution in [3.63, 3.8) is 0 Å². The summed E-state index contributed by atoms with van der Waals surface area (Å²) < 4.78 is 11.1. The van der Waals surface area contributed by atoms with Crippen molar-refractivity contribution in [3.8, 4) is 0 Å². The Balaban J connectivity index is 0.000000442. The van der Waals surface area contributed by atoms with Gasteiger partial charge in [0.15, 0.2) is 5.79 Å². The van der Waals surface area contributed by atoms with Crippen molar-refractivity contribution in [2.45, 2.75) is 59.7 Å². The third-order valence-electron chi connectivity index (χ3n) is 2.48. The molecule has 0 radical (unpaired) electrons. The van der Waals surface area contributed by atoms with Gasteiger partial charge in [-0.1, -0.05) is 39.3 Å². The quantitative estimate of drug-likeness (QED) is 0.569. The Bertz CT molecular complexity index is 179. The molecule has 2 rings (SSSR count). The van der Waals surface area contributed by atoms with Crippen molar-refractivity contribution in [1.82, 2.24) is 0 Å². The second kappa shape index (κ2) is 7.89. The van der Waals surface area contributed by atoms with E-state index >= 15 is 0 Å². The summed E-state index contributed by atoms with van der Waals surface area (Å²) in [4.78, 5) is 0. The summed E-state index contributed by atoms with van der Waals surface area (Å²) in [6, 6.07) is 0. The van der Waals surface area contributed by atoms with Crippen molar-refractivity contribution in [3.05, 3.63) is 11.6 Å². The highest BCUT2D eigenvalue weighted by atomic mass is 16.7. The number of rotatable bonds is 0. The maximum Gasteiger partial charge on any atom is 0.172 e. The maximum absolute atomic E-state index is 5.56. The Kier molecular flexibility index (Phi) is 7.71. The van der Waals surface area contributed by atoms with Crippen LogP contribution in [0.25, 0.3) is 0 Å². The highest BCUT2D eigenvalue weighted by molar-refractivity contribution is 5.06. The van der Waals surface area contributed by atoms with Crippen LogP contribution < -0.4 is 0 Å². The predicted molar refractivity (Wildman–Crippen MR) is 64.9 cm³/mol. The van der Waals surface area contributed by atoms with Gasteiger partial charge in [0, 0.05) is 12.8 Å². The summed E-state index contributed by atoms with van der Waals surface area (Å²) in [5, 5.41) is 0. The Morgan fingerprint density at radius 1 is 1.07 bits per heavy atom. The van der Waals surface area contributed by atoms with Crippen LogP contribution in [-0.4, -0.2) is 19.0 Å². The summed E-state index contributed by atoms with van der Waals surface area (Å²) in [5.74, 6) is -0.223. The van der Waals surface area contributed by atoms with Gasteiger partial charge in [-0.15, -0.1) is 0 Å². The van der Waals surface area contributed by atoms with Crippen LogP contribution in [0.2, 0.25) is 0 Å². The van der Waals surface area contributed by atoms with Crippen molar-refractivity contribution < 1.29 is 9.47 Å². The van der Waals surface area contributed by atoms with Gasteiger partial charge in [0.1, 0.15) is 0 Å². The molecular weight excluding hydrogens is 188 g/mol. The molecule has 0 aromatic carbocycles. The van der Waals surface area contributed by atoms with Crippen LogP contribution in [-0.2, 0) is 9.47 Å². The van der Waals surface area contributed by atoms with Gasteiger partial charge in [0.2, 0.25) is 0 Å². The zero-order valence-electron chi connectivity index (χ0n) is 10.9. The highest BCUT2D eigenvalue weighted by Gasteiger charge is 2.36. The van der Waals surface area contributed by atoms with Crippen LogP contribution in [0.15, 0.2) is 11.6 Å². The average Bonchev–Trinajstić information content (AvgIpc) is 2.77. The van der Waals surface area contributed by atoms with Gasteiger partial charge in [0.05, 0.1) is 13.2 Å². The van der Waals surface area contributed by atoms with E-state index in [1.165, 1.54) is 5.57 Å². The first-order chi connectivity index (χ1) is 7.31. The van der Waals surface area contributed by atoms with Crippen LogP contribution in [0.5, 0.6) is 0 Å². The molecule has 2 aliphatic rings. The smallest absolute Gasteiger partial charge is 0.172 e. The molecule has 1 saturated heterocycles. The molecule has 0 unspecified atom stereocenters. The summed E-state index contributed by atoms with van der Waals surface area (Å²) in [5.41, 5.74) is 1.47. The van der Waals surface area contributed by atoms with Gasteiger partial charge in [0.25, 0.3) is 0 Å². The minimum Gasteiger partial charge on any atom is -0.347 e. The van der Waals surface area contributed by atoms with E-state index in [1.807, 2.05) is 27.7 Å². The number of allylic oxidation sites excluding steroid dienone is 1. The number of hydrogen-bond donors (Lipinski definition) is 0. The molecular formula is C13H26O2. The van der Waals surface area contributed by atoms with Gasteiger partial charge in [-0.25, -0.2) is 0 Å². The lowest BCUT2D eigenvalue weighted by Gasteiger charge is -2.29. The molecule has 0 aromatic heterocycles. The Labute approximate surface area is 94.7 Å². The molecule has 0 N–H and O–H groups in total. The minimum atomic E-state index is -0.223. The molecule has 1 aliphatic carbocycles. The Hall–Kier alpha value is -0.340. The fourth-order valence-electron chi connectivity index (χ4n) is 1.68. The molecule has 1 aliphatic heterocycles. The molecule has 15 heavy (non-hydrogen) atoms. The minimum absolute atomic E-state index is 0.223. The third kappa shape index (κ3) is 4.35.